The first kappa shape index (κ1) is 20.0. The molecule has 0 aliphatic carbocycles. The number of hydrogen-bond acceptors (Lipinski definition) is 4. The third-order valence-electron chi connectivity index (χ3n) is 5.10. The lowest BCUT2D eigenvalue weighted by Crippen LogP contribution is -2.38. The zero-order valence-electron chi connectivity index (χ0n) is 16.1. The molecule has 1 aliphatic rings. The number of nitrogens with zero attached hydrogens (tertiary/aromatic N) is 1. The molecule has 1 heterocycles. The van der Waals surface area contributed by atoms with Gasteiger partial charge < -0.3 is 4.74 Å². The van der Waals surface area contributed by atoms with Crippen molar-refractivity contribution in [3.63, 3.8) is 0 Å². The van der Waals surface area contributed by atoms with Crippen molar-refractivity contribution in [2.24, 2.45) is 0 Å². The highest BCUT2D eigenvalue weighted by atomic mass is 32.2. The third kappa shape index (κ3) is 4.74. The first-order chi connectivity index (χ1) is 13.3. The molecule has 1 fully saturated rings. The van der Waals surface area contributed by atoms with Crippen LogP contribution in [0.15, 0.2) is 60.7 Å². The van der Waals surface area contributed by atoms with E-state index in [4.69, 9.17) is 4.74 Å². The van der Waals surface area contributed by atoms with Crippen molar-refractivity contribution < 1.29 is 9.53 Å². The van der Waals surface area contributed by atoms with Gasteiger partial charge in [0.05, 0.1) is 0 Å². The van der Waals surface area contributed by atoms with Gasteiger partial charge in [0.1, 0.15) is 6.61 Å². The maximum Gasteiger partial charge on any atom is 0.331 e. The fourth-order valence-electron chi connectivity index (χ4n) is 3.74. The molecule has 0 amide bonds. The molecule has 0 unspecified atom stereocenters. The van der Waals surface area contributed by atoms with Gasteiger partial charge in [0, 0.05) is 6.54 Å². The molecular weight excluding hydrogens is 354 g/mol. The van der Waals surface area contributed by atoms with Crippen LogP contribution >= 0.6 is 11.8 Å². The Bertz CT molecular complexity index is 659. The van der Waals surface area contributed by atoms with E-state index in [2.05, 4.69) is 11.8 Å². The van der Waals surface area contributed by atoms with Crippen LogP contribution in [0.2, 0.25) is 0 Å². The molecule has 1 aliphatic heterocycles. The number of hydrogen-bond donors (Lipinski definition) is 0. The van der Waals surface area contributed by atoms with Crippen LogP contribution in [-0.4, -0.2) is 42.9 Å². The average Bonchev–Trinajstić information content (AvgIpc) is 2.74. The van der Waals surface area contributed by atoms with Crippen molar-refractivity contribution >= 4 is 17.7 Å². The van der Waals surface area contributed by atoms with Gasteiger partial charge in [-0.15, -0.1) is 11.8 Å². The highest BCUT2D eigenvalue weighted by Gasteiger charge is 2.43. The number of likely N-dealkylation sites (tertiary alicyclic amines) is 1. The first-order valence-corrected chi connectivity index (χ1v) is 10.9. The van der Waals surface area contributed by atoms with Crippen LogP contribution < -0.4 is 0 Å². The van der Waals surface area contributed by atoms with Crippen LogP contribution in [0.3, 0.4) is 0 Å². The van der Waals surface area contributed by atoms with E-state index in [-0.39, 0.29) is 5.97 Å². The van der Waals surface area contributed by atoms with Gasteiger partial charge in [0.15, 0.2) is 4.75 Å². The Labute approximate surface area is 167 Å². The first-order valence-electron chi connectivity index (χ1n) is 9.92. The largest absolute Gasteiger partial charge is 0.463 e. The molecule has 3 rings (SSSR count). The second-order valence-electron chi connectivity index (χ2n) is 6.88. The summed E-state index contributed by atoms with van der Waals surface area (Å²) in [7, 11) is 0. The number of piperidine rings is 1. The van der Waals surface area contributed by atoms with Gasteiger partial charge >= 0.3 is 5.97 Å². The Morgan fingerprint density at radius 3 is 2.04 bits per heavy atom. The van der Waals surface area contributed by atoms with E-state index in [1.54, 1.807) is 11.8 Å². The number of esters is 1. The van der Waals surface area contributed by atoms with Gasteiger partial charge in [-0.3, -0.25) is 4.90 Å². The standard InChI is InChI=1S/C23H29NO2S/c1-2-27-23(20-12-6-3-7-13-20,21-14-8-4-9-15-21)22(25)26-19-18-24-16-10-5-11-17-24/h3-4,6-9,12-15H,2,5,10-11,16-19H2,1H3. The highest BCUT2D eigenvalue weighted by Crippen LogP contribution is 2.44. The van der Waals surface area contributed by atoms with Crippen LogP contribution in [-0.2, 0) is 14.3 Å². The summed E-state index contributed by atoms with van der Waals surface area (Å²) in [6.07, 6.45) is 3.81. The number of thioether (sulfide) groups is 1. The van der Waals surface area contributed by atoms with Crippen LogP contribution in [0.4, 0.5) is 0 Å². The Morgan fingerprint density at radius 2 is 1.52 bits per heavy atom. The van der Waals surface area contributed by atoms with Crippen molar-refractivity contribution in [1.29, 1.82) is 0 Å². The highest BCUT2D eigenvalue weighted by molar-refractivity contribution is 8.01. The van der Waals surface area contributed by atoms with Crippen LogP contribution in [0.1, 0.15) is 37.3 Å². The number of ether oxygens (including phenoxy) is 1. The Kier molecular flexibility index (Phi) is 7.36. The quantitative estimate of drug-likeness (QED) is 0.617. The SMILES string of the molecule is CCSC(C(=O)OCCN1CCCCC1)(c1ccccc1)c1ccccc1. The van der Waals surface area contributed by atoms with E-state index in [1.807, 2.05) is 60.7 Å². The molecule has 144 valence electrons. The molecule has 0 atom stereocenters. The van der Waals surface area contributed by atoms with Crippen molar-refractivity contribution in [3.05, 3.63) is 71.8 Å². The Balaban J connectivity index is 1.83. The fraction of sp³-hybridized carbons (Fsp3) is 0.435. The van der Waals surface area contributed by atoms with Crippen LogP contribution in [0, 0.1) is 0 Å². The third-order valence-corrected chi connectivity index (χ3v) is 6.46. The van der Waals surface area contributed by atoms with Crippen molar-refractivity contribution in [2.75, 3.05) is 32.0 Å². The maximum atomic E-state index is 13.4. The van der Waals surface area contributed by atoms with Gasteiger partial charge in [-0.1, -0.05) is 74.0 Å². The average molecular weight is 384 g/mol. The molecule has 3 nitrogen and oxygen atoms in total. The zero-order chi connectivity index (χ0) is 19.0. The molecule has 0 bridgehead atoms. The zero-order valence-corrected chi connectivity index (χ0v) is 16.9. The molecule has 0 aromatic heterocycles. The number of carbonyl (C=O) groups excluding carboxylic acids is 1. The minimum atomic E-state index is -0.820. The lowest BCUT2D eigenvalue weighted by atomic mass is 9.90. The van der Waals surface area contributed by atoms with E-state index < -0.39 is 4.75 Å². The summed E-state index contributed by atoms with van der Waals surface area (Å²) < 4.78 is 5.05. The maximum absolute atomic E-state index is 13.4. The molecule has 1 saturated heterocycles. The smallest absolute Gasteiger partial charge is 0.331 e. The predicted molar refractivity (Wildman–Crippen MR) is 113 cm³/mol. The molecule has 0 saturated carbocycles. The van der Waals surface area contributed by atoms with Gasteiger partial charge in [-0.25, -0.2) is 4.79 Å². The predicted octanol–water partition coefficient (Wildman–Crippen LogP) is 4.71. The summed E-state index contributed by atoms with van der Waals surface area (Å²) in [6, 6.07) is 20.0. The second kappa shape index (κ2) is 9.95. The van der Waals surface area contributed by atoms with E-state index in [0.29, 0.717) is 6.61 Å². The minimum absolute atomic E-state index is 0.163. The molecule has 2 aromatic carbocycles. The summed E-state index contributed by atoms with van der Waals surface area (Å²) in [5.41, 5.74) is 1.96. The second-order valence-corrected chi connectivity index (χ2v) is 8.36. The number of carbonyl (C=O) groups is 1. The number of benzene rings is 2. The fourth-order valence-corrected chi connectivity index (χ4v) is 4.96. The minimum Gasteiger partial charge on any atom is -0.463 e. The van der Waals surface area contributed by atoms with E-state index >= 15 is 0 Å². The summed E-state index contributed by atoms with van der Waals surface area (Å²) >= 11 is 1.64. The Morgan fingerprint density at radius 1 is 0.963 bits per heavy atom. The lowest BCUT2D eigenvalue weighted by Gasteiger charge is -2.32. The van der Waals surface area contributed by atoms with E-state index in [1.165, 1.54) is 19.3 Å². The van der Waals surface area contributed by atoms with Gasteiger partial charge in [-0.05, 0) is 42.8 Å². The van der Waals surface area contributed by atoms with Gasteiger partial charge in [-0.2, -0.15) is 0 Å². The molecule has 27 heavy (non-hydrogen) atoms. The van der Waals surface area contributed by atoms with Crippen molar-refractivity contribution in [3.8, 4) is 0 Å². The van der Waals surface area contributed by atoms with Crippen molar-refractivity contribution in [2.45, 2.75) is 30.9 Å². The van der Waals surface area contributed by atoms with Gasteiger partial charge in [0.25, 0.3) is 0 Å². The van der Waals surface area contributed by atoms with Crippen molar-refractivity contribution in [1.82, 2.24) is 4.90 Å². The summed E-state index contributed by atoms with van der Waals surface area (Å²) in [5.74, 6) is 0.661. The van der Waals surface area contributed by atoms with E-state index in [9.17, 15) is 4.79 Å². The number of rotatable bonds is 8. The molecule has 0 spiro atoms. The molecule has 2 aromatic rings. The van der Waals surface area contributed by atoms with E-state index in [0.717, 1.165) is 36.5 Å². The monoisotopic (exact) mass is 383 g/mol. The van der Waals surface area contributed by atoms with Crippen LogP contribution in [0.5, 0.6) is 0 Å². The lowest BCUT2D eigenvalue weighted by molar-refractivity contribution is -0.146. The molecule has 0 radical (unpaired) electrons. The summed E-state index contributed by atoms with van der Waals surface area (Å²) in [5, 5.41) is 0. The molecule has 0 N–H and O–H groups in total. The Hall–Kier alpha value is -1.78. The summed E-state index contributed by atoms with van der Waals surface area (Å²) in [6.45, 7) is 5.59. The topological polar surface area (TPSA) is 29.5 Å². The molecule has 4 heteroatoms. The normalized spacial score (nSPS) is 15.4. The molecular formula is C23H29NO2S. The summed E-state index contributed by atoms with van der Waals surface area (Å²) in [4.78, 5) is 15.8. The van der Waals surface area contributed by atoms with Crippen LogP contribution in [0.25, 0.3) is 0 Å². The van der Waals surface area contributed by atoms with Gasteiger partial charge in [0.2, 0.25) is 0 Å².